The van der Waals surface area contributed by atoms with Gasteiger partial charge >= 0.3 is 0 Å². The zero-order valence-electron chi connectivity index (χ0n) is 17.2. The van der Waals surface area contributed by atoms with Crippen molar-refractivity contribution in [1.29, 1.82) is 0 Å². The van der Waals surface area contributed by atoms with E-state index in [4.69, 9.17) is 9.47 Å². The number of hydrogen-bond acceptors (Lipinski definition) is 6. The van der Waals surface area contributed by atoms with Gasteiger partial charge in [-0.1, -0.05) is 18.2 Å². The Kier molecular flexibility index (Phi) is 7.40. The Bertz CT molecular complexity index is 1050. The number of methoxy groups -OCH3 is 1. The number of ether oxygens (including phenoxy) is 2. The fraction of sp³-hybridized carbons (Fsp3) is 0.227. The number of anilines is 1. The van der Waals surface area contributed by atoms with Crippen molar-refractivity contribution in [3.8, 4) is 11.5 Å². The van der Waals surface area contributed by atoms with Crippen LogP contribution < -0.4 is 14.8 Å². The van der Waals surface area contributed by atoms with E-state index in [0.29, 0.717) is 17.2 Å². The van der Waals surface area contributed by atoms with Gasteiger partial charge in [-0.2, -0.15) is 0 Å². The van der Waals surface area contributed by atoms with E-state index >= 15 is 0 Å². The van der Waals surface area contributed by atoms with Crippen LogP contribution in [0.3, 0.4) is 0 Å². The molecule has 2 aromatic carbocycles. The number of carbonyl (C=O) groups is 3. The van der Waals surface area contributed by atoms with E-state index < -0.39 is 17.1 Å². The van der Waals surface area contributed by atoms with Crippen molar-refractivity contribution in [3.05, 3.63) is 57.4 Å². The number of nitrogens with zero attached hydrogens (tertiary/aromatic N) is 1. The first kappa shape index (κ1) is 22.9. The Morgan fingerprint density at radius 1 is 1.19 bits per heavy atom. The number of benzene rings is 2. The van der Waals surface area contributed by atoms with Crippen LogP contribution in [0.25, 0.3) is 6.08 Å². The maximum atomic E-state index is 12.7. The van der Waals surface area contributed by atoms with Crippen LogP contribution in [0.15, 0.2) is 51.8 Å². The van der Waals surface area contributed by atoms with Gasteiger partial charge in [-0.15, -0.1) is 0 Å². The number of hydrogen-bond donors (Lipinski definition) is 1. The second-order valence-electron chi connectivity index (χ2n) is 6.87. The van der Waals surface area contributed by atoms with Gasteiger partial charge in [0.05, 0.1) is 28.3 Å². The molecular formula is C22H21BrN2O5S. The Balaban J connectivity index is 1.70. The van der Waals surface area contributed by atoms with Crippen LogP contribution in [0.4, 0.5) is 10.5 Å². The summed E-state index contributed by atoms with van der Waals surface area (Å²) in [7, 11) is 1.49. The zero-order chi connectivity index (χ0) is 22.5. The van der Waals surface area contributed by atoms with Gasteiger partial charge in [0.2, 0.25) is 5.91 Å². The number of carbonyl (C=O) groups excluding carboxylic acids is 3. The fourth-order valence-electron chi connectivity index (χ4n) is 2.83. The van der Waals surface area contributed by atoms with Crippen LogP contribution in [0.1, 0.15) is 19.4 Å². The topological polar surface area (TPSA) is 84.9 Å². The van der Waals surface area contributed by atoms with E-state index in [-0.39, 0.29) is 17.6 Å². The molecule has 1 N–H and O–H groups in total. The molecule has 2 aromatic rings. The number of nitrogens with one attached hydrogen (secondary N) is 1. The van der Waals surface area contributed by atoms with Crippen LogP contribution >= 0.6 is 27.7 Å². The van der Waals surface area contributed by atoms with Crippen LogP contribution in [0, 0.1) is 0 Å². The van der Waals surface area contributed by atoms with Gasteiger partial charge in [-0.3, -0.25) is 19.3 Å². The Hall–Kier alpha value is -2.78. The normalized spacial score (nSPS) is 15.0. The lowest BCUT2D eigenvalue weighted by atomic mass is 10.2. The monoisotopic (exact) mass is 504 g/mol. The predicted molar refractivity (Wildman–Crippen MR) is 124 cm³/mol. The van der Waals surface area contributed by atoms with Gasteiger partial charge in [-0.05, 0) is 77.4 Å². The average Bonchev–Trinajstić information content (AvgIpc) is 2.97. The van der Waals surface area contributed by atoms with Crippen molar-refractivity contribution in [2.24, 2.45) is 0 Å². The second kappa shape index (κ2) is 10.0. The maximum absolute atomic E-state index is 12.7. The van der Waals surface area contributed by atoms with E-state index in [1.54, 1.807) is 48.5 Å². The van der Waals surface area contributed by atoms with Crippen molar-refractivity contribution in [2.75, 3.05) is 19.0 Å². The predicted octanol–water partition coefficient (Wildman–Crippen LogP) is 4.92. The standard InChI is InChI=1S/C22H21BrN2O5S/c1-13(2)30-17-9-8-14(10-15(17)23)11-19-21(27)25(22(28)31-19)12-20(26)24-16-6-4-5-7-18(16)29-3/h4-11,13H,12H2,1-3H3,(H,24,26)/b19-11-. The highest BCUT2D eigenvalue weighted by Crippen LogP contribution is 2.34. The summed E-state index contributed by atoms with van der Waals surface area (Å²) in [5.41, 5.74) is 1.19. The van der Waals surface area contributed by atoms with Crippen LogP contribution in [0.2, 0.25) is 0 Å². The minimum Gasteiger partial charge on any atom is -0.495 e. The van der Waals surface area contributed by atoms with Crippen molar-refractivity contribution >= 4 is 56.5 Å². The Labute approximate surface area is 192 Å². The van der Waals surface area contributed by atoms with E-state index in [2.05, 4.69) is 21.2 Å². The lowest BCUT2D eigenvalue weighted by Gasteiger charge is -2.14. The Morgan fingerprint density at radius 2 is 1.94 bits per heavy atom. The molecule has 7 nitrogen and oxygen atoms in total. The molecule has 0 atom stereocenters. The molecule has 1 aliphatic heterocycles. The molecule has 1 saturated heterocycles. The molecule has 0 radical (unpaired) electrons. The summed E-state index contributed by atoms with van der Waals surface area (Å²) in [6.07, 6.45) is 1.65. The van der Waals surface area contributed by atoms with Crippen LogP contribution in [0.5, 0.6) is 11.5 Å². The van der Waals surface area contributed by atoms with Gasteiger partial charge in [0.1, 0.15) is 18.0 Å². The molecule has 1 heterocycles. The fourth-order valence-corrected chi connectivity index (χ4v) is 4.15. The summed E-state index contributed by atoms with van der Waals surface area (Å²) in [6.45, 7) is 3.48. The number of amides is 3. The molecule has 0 aromatic heterocycles. The highest BCUT2D eigenvalue weighted by atomic mass is 79.9. The summed E-state index contributed by atoms with van der Waals surface area (Å²) in [5, 5.41) is 2.17. The quantitative estimate of drug-likeness (QED) is 0.538. The van der Waals surface area contributed by atoms with E-state index in [0.717, 1.165) is 26.7 Å². The molecule has 0 saturated carbocycles. The number of para-hydroxylation sites is 2. The number of rotatable bonds is 7. The molecular weight excluding hydrogens is 484 g/mol. The third-order valence-electron chi connectivity index (χ3n) is 4.17. The highest BCUT2D eigenvalue weighted by molar-refractivity contribution is 9.10. The highest BCUT2D eigenvalue weighted by Gasteiger charge is 2.36. The van der Waals surface area contributed by atoms with Gasteiger partial charge < -0.3 is 14.8 Å². The summed E-state index contributed by atoms with van der Waals surface area (Å²) < 4.78 is 11.6. The number of thioether (sulfide) groups is 1. The summed E-state index contributed by atoms with van der Waals surface area (Å²) in [5.74, 6) is 0.170. The minimum atomic E-state index is -0.510. The third kappa shape index (κ3) is 5.68. The average molecular weight is 505 g/mol. The Morgan fingerprint density at radius 3 is 2.61 bits per heavy atom. The molecule has 0 spiro atoms. The lowest BCUT2D eigenvalue weighted by Crippen LogP contribution is -2.36. The minimum absolute atomic E-state index is 0.0284. The molecule has 3 amide bonds. The largest absolute Gasteiger partial charge is 0.495 e. The number of halogens is 1. The summed E-state index contributed by atoms with van der Waals surface area (Å²) in [4.78, 5) is 38.6. The molecule has 1 aliphatic rings. The first-order valence-electron chi connectivity index (χ1n) is 9.43. The molecule has 9 heteroatoms. The molecule has 31 heavy (non-hydrogen) atoms. The van der Waals surface area contributed by atoms with Crippen LogP contribution in [-0.2, 0) is 9.59 Å². The van der Waals surface area contributed by atoms with E-state index in [1.165, 1.54) is 7.11 Å². The first-order chi connectivity index (χ1) is 14.8. The van der Waals surface area contributed by atoms with Gasteiger partial charge in [-0.25, -0.2) is 0 Å². The second-order valence-corrected chi connectivity index (χ2v) is 8.72. The first-order valence-corrected chi connectivity index (χ1v) is 11.0. The van der Waals surface area contributed by atoms with Gasteiger partial charge in [0.25, 0.3) is 11.1 Å². The zero-order valence-corrected chi connectivity index (χ0v) is 19.6. The summed E-state index contributed by atoms with van der Waals surface area (Å²) in [6, 6.07) is 12.3. The summed E-state index contributed by atoms with van der Waals surface area (Å²) >= 11 is 4.25. The lowest BCUT2D eigenvalue weighted by molar-refractivity contribution is -0.127. The van der Waals surface area contributed by atoms with Crippen LogP contribution in [-0.4, -0.2) is 41.7 Å². The molecule has 0 unspecified atom stereocenters. The van der Waals surface area contributed by atoms with Gasteiger partial charge in [0, 0.05) is 0 Å². The van der Waals surface area contributed by atoms with Crippen molar-refractivity contribution in [2.45, 2.75) is 20.0 Å². The number of imide groups is 1. The molecule has 3 rings (SSSR count). The molecule has 0 aliphatic carbocycles. The smallest absolute Gasteiger partial charge is 0.294 e. The maximum Gasteiger partial charge on any atom is 0.294 e. The van der Waals surface area contributed by atoms with E-state index in [1.807, 2.05) is 13.8 Å². The third-order valence-corrected chi connectivity index (χ3v) is 5.70. The molecule has 0 bridgehead atoms. The SMILES string of the molecule is COc1ccccc1NC(=O)CN1C(=O)S/C(=C\c2ccc(OC(C)C)c(Br)c2)C1=O. The molecule has 1 fully saturated rings. The van der Waals surface area contributed by atoms with Crippen molar-refractivity contribution in [3.63, 3.8) is 0 Å². The van der Waals surface area contributed by atoms with Crippen molar-refractivity contribution in [1.82, 2.24) is 4.90 Å². The van der Waals surface area contributed by atoms with Gasteiger partial charge in [0.15, 0.2) is 0 Å². The molecule has 162 valence electrons. The van der Waals surface area contributed by atoms with E-state index in [9.17, 15) is 14.4 Å². The van der Waals surface area contributed by atoms with Crippen molar-refractivity contribution < 1.29 is 23.9 Å².